The number of hydrogen-bond acceptors (Lipinski definition) is 2. The monoisotopic (exact) mass is 266 g/mol. The SMILES string of the molecule is c1ccc2c(c1)CCCN2.c1ccc2c(c1)CCNC2. The lowest BCUT2D eigenvalue weighted by Gasteiger charge is -2.16. The summed E-state index contributed by atoms with van der Waals surface area (Å²) in [5, 5.41) is 6.70. The van der Waals surface area contributed by atoms with Crippen molar-refractivity contribution in [1.29, 1.82) is 0 Å². The number of rotatable bonds is 0. The smallest absolute Gasteiger partial charge is 0.0372 e. The van der Waals surface area contributed by atoms with Crippen LogP contribution < -0.4 is 10.6 Å². The maximum atomic E-state index is 3.36. The van der Waals surface area contributed by atoms with Crippen LogP contribution in [0.1, 0.15) is 23.1 Å². The molecule has 0 radical (unpaired) electrons. The topological polar surface area (TPSA) is 24.1 Å². The summed E-state index contributed by atoms with van der Waals surface area (Å²) in [6.07, 6.45) is 3.70. The number of fused-ring (bicyclic) bond motifs is 2. The van der Waals surface area contributed by atoms with Crippen LogP contribution in [0.4, 0.5) is 5.69 Å². The second-order valence-corrected chi connectivity index (χ2v) is 5.38. The van der Waals surface area contributed by atoms with Crippen LogP contribution in [-0.2, 0) is 19.4 Å². The highest BCUT2D eigenvalue weighted by molar-refractivity contribution is 5.52. The van der Waals surface area contributed by atoms with E-state index in [2.05, 4.69) is 59.2 Å². The van der Waals surface area contributed by atoms with Gasteiger partial charge < -0.3 is 10.6 Å². The summed E-state index contributed by atoms with van der Waals surface area (Å²) in [5.41, 5.74) is 5.78. The Hall–Kier alpha value is -1.80. The maximum Gasteiger partial charge on any atom is 0.0372 e. The minimum absolute atomic E-state index is 1.05. The molecule has 0 unspecified atom stereocenters. The molecule has 0 bridgehead atoms. The Labute approximate surface area is 121 Å². The fourth-order valence-electron chi connectivity index (χ4n) is 2.83. The second kappa shape index (κ2) is 6.58. The van der Waals surface area contributed by atoms with E-state index >= 15 is 0 Å². The van der Waals surface area contributed by atoms with E-state index in [1.165, 1.54) is 41.6 Å². The third kappa shape index (κ3) is 3.20. The average molecular weight is 266 g/mol. The van der Waals surface area contributed by atoms with Gasteiger partial charge in [0, 0.05) is 18.8 Å². The molecule has 4 rings (SSSR count). The molecule has 20 heavy (non-hydrogen) atoms. The van der Waals surface area contributed by atoms with Crippen LogP contribution >= 0.6 is 0 Å². The van der Waals surface area contributed by atoms with Crippen molar-refractivity contribution < 1.29 is 0 Å². The molecular weight excluding hydrogens is 244 g/mol. The molecule has 2 heterocycles. The molecule has 0 aliphatic carbocycles. The van der Waals surface area contributed by atoms with Gasteiger partial charge in [-0.15, -0.1) is 0 Å². The van der Waals surface area contributed by atoms with Crippen molar-refractivity contribution in [3.05, 3.63) is 65.2 Å². The molecule has 0 spiro atoms. The van der Waals surface area contributed by atoms with Crippen LogP contribution in [-0.4, -0.2) is 13.1 Å². The van der Waals surface area contributed by atoms with Crippen LogP contribution in [0.5, 0.6) is 0 Å². The normalized spacial score (nSPS) is 16.0. The van der Waals surface area contributed by atoms with E-state index in [-0.39, 0.29) is 0 Å². The Bertz CT molecular complexity index is 461. The summed E-state index contributed by atoms with van der Waals surface area (Å²) in [5.74, 6) is 0. The van der Waals surface area contributed by atoms with E-state index in [0.29, 0.717) is 0 Å². The van der Waals surface area contributed by atoms with E-state index in [1.807, 2.05) is 0 Å². The fraction of sp³-hybridized carbons (Fsp3) is 0.333. The molecular formula is C18H22N2. The van der Waals surface area contributed by atoms with Gasteiger partial charge in [-0.2, -0.15) is 0 Å². The van der Waals surface area contributed by atoms with Crippen LogP contribution in [0, 0.1) is 0 Å². The van der Waals surface area contributed by atoms with Gasteiger partial charge in [-0.05, 0) is 48.6 Å². The summed E-state index contributed by atoms with van der Waals surface area (Å²) in [6.45, 7) is 3.32. The van der Waals surface area contributed by atoms with Gasteiger partial charge in [0.2, 0.25) is 0 Å². The third-order valence-corrected chi connectivity index (χ3v) is 3.96. The molecule has 2 nitrogen and oxygen atoms in total. The van der Waals surface area contributed by atoms with Crippen molar-refractivity contribution in [2.75, 3.05) is 18.4 Å². The number of benzene rings is 2. The zero-order valence-electron chi connectivity index (χ0n) is 11.9. The molecule has 0 saturated carbocycles. The number of aryl methyl sites for hydroxylation is 1. The van der Waals surface area contributed by atoms with E-state index in [1.54, 1.807) is 0 Å². The minimum Gasteiger partial charge on any atom is -0.385 e. The van der Waals surface area contributed by atoms with Crippen molar-refractivity contribution in [2.45, 2.75) is 25.8 Å². The third-order valence-electron chi connectivity index (χ3n) is 3.96. The number of nitrogens with one attached hydrogen (secondary N) is 2. The molecule has 2 N–H and O–H groups in total. The predicted molar refractivity (Wildman–Crippen MR) is 85.1 cm³/mol. The summed E-state index contributed by atoms with van der Waals surface area (Å²) in [6, 6.07) is 17.2. The van der Waals surface area contributed by atoms with Gasteiger partial charge in [0.1, 0.15) is 0 Å². The predicted octanol–water partition coefficient (Wildman–Crippen LogP) is 3.38. The second-order valence-electron chi connectivity index (χ2n) is 5.38. The van der Waals surface area contributed by atoms with Gasteiger partial charge in [-0.3, -0.25) is 0 Å². The van der Waals surface area contributed by atoms with Crippen LogP contribution in [0.25, 0.3) is 0 Å². The fourth-order valence-corrected chi connectivity index (χ4v) is 2.83. The van der Waals surface area contributed by atoms with Gasteiger partial charge >= 0.3 is 0 Å². The highest BCUT2D eigenvalue weighted by Crippen LogP contribution is 2.20. The number of hydrogen-bond donors (Lipinski definition) is 2. The molecule has 2 aromatic rings. The Kier molecular flexibility index (Phi) is 4.34. The Morgan fingerprint density at radius 3 is 2.25 bits per heavy atom. The molecule has 2 aromatic carbocycles. The van der Waals surface area contributed by atoms with Crippen molar-refractivity contribution in [3.63, 3.8) is 0 Å². The lowest BCUT2D eigenvalue weighted by atomic mass is 10.0. The number of anilines is 1. The van der Waals surface area contributed by atoms with E-state index in [0.717, 1.165) is 19.6 Å². The van der Waals surface area contributed by atoms with Crippen LogP contribution in [0.3, 0.4) is 0 Å². The Balaban J connectivity index is 0.000000121. The molecule has 2 aliphatic heterocycles. The molecule has 0 saturated heterocycles. The van der Waals surface area contributed by atoms with Crippen molar-refractivity contribution in [1.82, 2.24) is 5.32 Å². The van der Waals surface area contributed by atoms with Crippen LogP contribution in [0.15, 0.2) is 48.5 Å². The Morgan fingerprint density at radius 1 is 0.700 bits per heavy atom. The Morgan fingerprint density at radius 2 is 1.45 bits per heavy atom. The quantitative estimate of drug-likeness (QED) is 0.764. The van der Waals surface area contributed by atoms with E-state index in [9.17, 15) is 0 Å². The maximum absolute atomic E-state index is 3.36. The molecule has 104 valence electrons. The van der Waals surface area contributed by atoms with Crippen molar-refractivity contribution >= 4 is 5.69 Å². The molecule has 0 aromatic heterocycles. The first-order valence-corrected chi connectivity index (χ1v) is 7.53. The first kappa shape index (κ1) is 13.2. The average Bonchev–Trinajstić information content (AvgIpc) is 2.56. The summed E-state index contributed by atoms with van der Waals surface area (Å²) >= 11 is 0. The zero-order chi connectivity index (χ0) is 13.6. The van der Waals surface area contributed by atoms with E-state index in [4.69, 9.17) is 0 Å². The standard InChI is InChI=1S/2C9H11N/c1-2-6-9-8(4-1)5-3-7-10-9;1-2-4-9-7-10-6-5-8(9)3-1/h1-2,4,6,10H,3,5,7H2;1-4,10H,5-7H2. The lowest BCUT2D eigenvalue weighted by Crippen LogP contribution is -2.23. The first-order chi connectivity index (χ1) is 9.93. The van der Waals surface area contributed by atoms with Gasteiger partial charge in [-0.1, -0.05) is 42.5 Å². The lowest BCUT2D eigenvalue weighted by molar-refractivity contribution is 0.644. The number of para-hydroxylation sites is 1. The van der Waals surface area contributed by atoms with Crippen molar-refractivity contribution in [2.24, 2.45) is 0 Å². The molecule has 0 fully saturated rings. The van der Waals surface area contributed by atoms with Gasteiger partial charge in [0.25, 0.3) is 0 Å². The molecule has 2 aliphatic rings. The first-order valence-electron chi connectivity index (χ1n) is 7.53. The van der Waals surface area contributed by atoms with Gasteiger partial charge in [0.15, 0.2) is 0 Å². The van der Waals surface area contributed by atoms with Crippen molar-refractivity contribution in [3.8, 4) is 0 Å². The van der Waals surface area contributed by atoms with E-state index < -0.39 is 0 Å². The van der Waals surface area contributed by atoms with Crippen LogP contribution in [0.2, 0.25) is 0 Å². The summed E-state index contributed by atoms with van der Waals surface area (Å²) in [7, 11) is 0. The molecule has 0 amide bonds. The molecule has 2 heteroatoms. The zero-order valence-corrected chi connectivity index (χ0v) is 11.9. The largest absolute Gasteiger partial charge is 0.385 e. The molecule has 0 atom stereocenters. The summed E-state index contributed by atoms with van der Waals surface area (Å²) in [4.78, 5) is 0. The highest BCUT2D eigenvalue weighted by Gasteiger charge is 2.05. The van der Waals surface area contributed by atoms with Gasteiger partial charge in [0.05, 0.1) is 0 Å². The minimum atomic E-state index is 1.05. The summed E-state index contributed by atoms with van der Waals surface area (Å²) < 4.78 is 0. The highest BCUT2D eigenvalue weighted by atomic mass is 14.9. The van der Waals surface area contributed by atoms with Gasteiger partial charge in [-0.25, -0.2) is 0 Å².